The van der Waals surface area contributed by atoms with Crippen LogP contribution in [0.2, 0.25) is 0 Å². The van der Waals surface area contributed by atoms with Gasteiger partial charge in [0.15, 0.2) is 0 Å². The summed E-state index contributed by atoms with van der Waals surface area (Å²) in [5, 5.41) is 0. The Bertz CT molecular complexity index is 320. The molecule has 0 spiro atoms. The summed E-state index contributed by atoms with van der Waals surface area (Å²) in [5.41, 5.74) is 0. The summed E-state index contributed by atoms with van der Waals surface area (Å²) >= 11 is 0. The van der Waals surface area contributed by atoms with Crippen LogP contribution in [0.3, 0.4) is 0 Å². The van der Waals surface area contributed by atoms with Crippen LogP contribution in [0, 0.1) is 5.82 Å². The fourth-order valence-corrected chi connectivity index (χ4v) is 0.415. The van der Waals surface area contributed by atoms with Gasteiger partial charge >= 0.3 is 73.1 Å². The second kappa shape index (κ2) is 14.5. The van der Waals surface area contributed by atoms with Gasteiger partial charge < -0.3 is 53.2 Å². The van der Waals surface area contributed by atoms with Gasteiger partial charge in [-0.25, -0.2) is 4.39 Å². The molecule has 0 N–H and O–H groups in total. The average Bonchev–Trinajstić information content (AvgIpc) is 2.09. The first-order chi connectivity index (χ1) is 9.39. The molecule has 0 aliphatic heterocycles. The zero-order valence-corrected chi connectivity index (χ0v) is 14.2. The topological polar surface area (TPSA) is 0 Å². The van der Waals surface area contributed by atoms with Gasteiger partial charge in [-0.1, -0.05) is 18.2 Å². The van der Waals surface area contributed by atoms with Gasteiger partial charge in [0.1, 0.15) is 5.82 Å². The summed E-state index contributed by atoms with van der Waals surface area (Å²) < 4.78 is 129. The zero-order chi connectivity index (χ0) is 18.6. The molecule has 134 valence electrons. The zero-order valence-electron chi connectivity index (χ0n) is 12.0. The molecule has 0 nitrogen and oxygen atoms in total. The summed E-state index contributed by atoms with van der Waals surface area (Å²) in [6.45, 7) is 0. The van der Waals surface area contributed by atoms with E-state index in [1.165, 1.54) is 12.1 Å². The van der Waals surface area contributed by atoms with E-state index in [0.717, 1.165) is 0 Å². The van der Waals surface area contributed by atoms with E-state index in [1.807, 2.05) is 0 Å². The van der Waals surface area contributed by atoms with E-state index in [1.54, 1.807) is 18.2 Å². The van der Waals surface area contributed by atoms with Crippen LogP contribution in [-0.2, 0) is 0 Å². The third kappa shape index (κ3) is 136. The maximum absolute atomic E-state index is 11.9. The fraction of sp³-hybridized carbons (Fsp3) is 0. The van der Waals surface area contributed by atoms with Gasteiger partial charge in [-0.05, 0) is 12.1 Å². The van der Waals surface area contributed by atoms with Crippen LogP contribution in [0.1, 0.15) is 1.43 Å². The summed E-state index contributed by atoms with van der Waals surface area (Å²) in [7, 11) is -18.0. The van der Waals surface area contributed by atoms with Crippen molar-refractivity contribution in [2.24, 2.45) is 0 Å². The van der Waals surface area contributed by atoms with E-state index in [0.29, 0.717) is 0 Å². The Morgan fingerprint density at radius 2 is 0.696 bits per heavy atom. The number of halogens is 13. The molecule has 0 saturated heterocycles. The fourth-order valence-electron chi connectivity index (χ4n) is 0.415. The minimum absolute atomic E-state index is 0. The Hall–Kier alpha value is 0.141. The summed E-state index contributed by atoms with van der Waals surface area (Å²) in [5.74, 6) is -0.178. The number of hydrogen-bond acceptors (Lipinski definition) is 0. The Labute approximate surface area is 166 Å². The molecule has 0 saturated carbocycles. The predicted molar refractivity (Wildman–Crippen MR) is 58.1 cm³/mol. The van der Waals surface area contributed by atoms with Crippen molar-refractivity contribution >= 4 is 21.8 Å². The molecule has 0 amide bonds. The van der Waals surface area contributed by atoms with Gasteiger partial charge in [-0.15, -0.1) is 0 Å². The number of rotatable bonds is 0. The quantitative estimate of drug-likeness (QED) is 0.467. The number of benzene rings is 1. The predicted octanol–water partition coefficient (Wildman–Crippen LogP) is 2.84. The molecule has 0 heterocycles. The van der Waals surface area contributed by atoms with Crippen LogP contribution in [0.15, 0.2) is 30.3 Å². The molecule has 23 heavy (non-hydrogen) atoms. The maximum Gasteiger partial charge on any atom is 1.00 e. The first-order valence-electron chi connectivity index (χ1n) is 4.72. The smallest absolute Gasteiger partial charge is 1.00 e. The SMILES string of the molecule is F[B-](F)(F)F.F[B-](F)(F)F.F[B-](F)(F)F.Fc1ccccc1.[H-].[K+]. The number of hydrogen-bond donors (Lipinski definition) is 0. The van der Waals surface area contributed by atoms with Crippen LogP contribution < -0.4 is 51.4 Å². The first-order valence-corrected chi connectivity index (χ1v) is 4.72. The largest absolute Gasteiger partial charge is 1.00 e. The molecule has 0 aliphatic rings. The van der Waals surface area contributed by atoms with Gasteiger partial charge in [0, 0.05) is 0 Å². The second-order valence-corrected chi connectivity index (χ2v) is 2.78. The summed E-state index contributed by atoms with van der Waals surface area (Å²) in [4.78, 5) is 0. The maximum atomic E-state index is 11.9. The third-order valence-corrected chi connectivity index (χ3v) is 0.733. The molecular weight excluding hydrogens is 391 g/mol. The molecule has 0 bridgehead atoms. The van der Waals surface area contributed by atoms with E-state index in [9.17, 15) is 56.2 Å². The van der Waals surface area contributed by atoms with E-state index in [2.05, 4.69) is 0 Å². The second-order valence-electron chi connectivity index (χ2n) is 2.78. The Morgan fingerprint density at radius 1 is 0.522 bits per heavy atom. The van der Waals surface area contributed by atoms with Gasteiger partial charge in [-0.3, -0.25) is 0 Å². The monoisotopic (exact) mass is 397 g/mol. The van der Waals surface area contributed by atoms with Crippen molar-refractivity contribution in [2.75, 3.05) is 0 Å². The van der Waals surface area contributed by atoms with Crippen molar-refractivity contribution in [1.82, 2.24) is 0 Å². The molecule has 1 aromatic rings. The Balaban J connectivity index is -0.0000000661. The van der Waals surface area contributed by atoms with E-state index in [4.69, 9.17) is 0 Å². The average molecular weight is 397 g/mol. The molecular formula is C6H6B3F13K-3. The van der Waals surface area contributed by atoms with Crippen molar-refractivity contribution < 1.29 is 109 Å². The van der Waals surface area contributed by atoms with Crippen molar-refractivity contribution in [3.05, 3.63) is 36.1 Å². The molecule has 0 radical (unpaired) electrons. The molecule has 1 aromatic carbocycles. The molecule has 0 aromatic heterocycles. The normalized spacial score (nSPS) is 10.5. The molecule has 17 heteroatoms. The van der Waals surface area contributed by atoms with Gasteiger partial charge in [0.2, 0.25) is 0 Å². The van der Waals surface area contributed by atoms with Crippen molar-refractivity contribution in [3.8, 4) is 0 Å². The van der Waals surface area contributed by atoms with Crippen molar-refractivity contribution in [1.29, 1.82) is 0 Å². The van der Waals surface area contributed by atoms with Crippen LogP contribution in [0.25, 0.3) is 0 Å². The molecule has 0 atom stereocenters. The molecule has 1 rings (SSSR count). The van der Waals surface area contributed by atoms with Gasteiger partial charge in [-0.2, -0.15) is 0 Å². The van der Waals surface area contributed by atoms with Crippen LogP contribution in [0.5, 0.6) is 0 Å². The van der Waals surface area contributed by atoms with E-state index in [-0.39, 0.29) is 58.6 Å². The Morgan fingerprint density at radius 3 is 0.783 bits per heavy atom. The van der Waals surface area contributed by atoms with Gasteiger partial charge in [0.05, 0.1) is 0 Å². The van der Waals surface area contributed by atoms with Crippen LogP contribution in [0.4, 0.5) is 56.2 Å². The minimum Gasteiger partial charge on any atom is -1.00 e. The van der Waals surface area contributed by atoms with E-state index >= 15 is 0 Å². The Kier molecular flexibility index (Phi) is 19.5. The summed E-state index contributed by atoms with van der Waals surface area (Å²) in [6, 6.07) is 7.94. The molecule has 0 aliphatic carbocycles. The van der Waals surface area contributed by atoms with Crippen molar-refractivity contribution in [3.63, 3.8) is 0 Å². The third-order valence-electron chi connectivity index (χ3n) is 0.733. The van der Waals surface area contributed by atoms with Gasteiger partial charge in [0.25, 0.3) is 0 Å². The minimum atomic E-state index is -6.00. The van der Waals surface area contributed by atoms with Crippen LogP contribution >= 0.6 is 0 Å². The summed E-state index contributed by atoms with van der Waals surface area (Å²) in [6.07, 6.45) is 0. The van der Waals surface area contributed by atoms with Crippen molar-refractivity contribution in [2.45, 2.75) is 0 Å². The van der Waals surface area contributed by atoms with Crippen LogP contribution in [-0.4, -0.2) is 21.8 Å². The standard InChI is InChI=1S/C6H5F.3BF4.K.H/c7-6-4-2-1-3-5-6;3*2-1(3,4)5;;/h1-5H;;;;;/q;3*-1;+1;-1. The molecule has 0 unspecified atom stereocenters. The molecule has 0 fully saturated rings. The first kappa shape index (κ1) is 31.0. The van der Waals surface area contributed by atoms with E-state index < -0.39 is 21.8 Å².